The summed E-state index contributed by atoms with van der Waals surface area (Å²) in [6.45, 7) is 3.54. The summed E-state index contributed by atoms with van der Waals surface area (Å²) in [7, 11) is 0.0369. The average molecular weight is 372 g/mol. The van der Waals surface area contributed by atoms with Gasteiger partial charge in [0.15, 0.2) is 0 Å². The molecule has 0 spiro atoms. The normalized spacial score (nSPS) is 22.4. The van der Waals surface area contributed by atoms with Gasteiger partial charge >= 0.3 is 0 Å². The minimum Gasteiger partial charge on any atom is -0.383 e. The van der Waals surface area contributed by atoms with Gasteiger partial charge in [0, 0.05) is 33.9 Å². The zero-order valence-electron chi connectivity index (χ0n) is 15.2. The summed E-state index contributed by atoms with van der Waals surface area (Å²) >= 11 is 0. The van der Waals surface area contributed by atoms with Gasteiger partial charge in [-0.1, -0.05) is 0 Å². The lowest BCUT2D eigenvalue weighted by Crippen LogP contribution is -2.39. The number of piperidine rings is 1. The second kappa shape index (κ2) is 8.16. The zero-order chi connectivity index (χ0) is 17.9. The molecule has 1 saturated carbocycles. The first kappa shape index (κ1) is 18.8. The van der Waals surface area contributed by atoms with Crippen molar-refractivity contribution in [1.29, 1.82) is 0 Å². The Balaban J connectivity index is 1.78. The molecule has 1 unspecified atom stereocenters. The third kappa shape index (κ3) is 4.81. The van der Waals surface area contributed by atoms with E-state index < -0.39 is 9.84 Å². The highest BCUT2D eigenvalue weighted by Crippen LogP contribution is 2.32. The zero-order valence-corrected chi connectivity index (χ0v) is 16.0. The summed E-state index contributed by atoms with van der Waals surface area (Å²) in [4.78, 5) is 6.60. The molecule has 2 heterocycles. The van der Waals surface area contributed by atoms with Gasteiger partial charge in [-0.05, 0) is 38.1 Å². The number of likely N-dealkylation sites (tertiary alicyclic amines) is 1. The monoisotopic (exact) mass is 371 g/mol. The van der Waals surface area contributed by atoms with Crippen LogP contribution in [0, 0.1) is 5.92 Å². The first-order valence-electron chi connectivity index (χ1n) is 9.04. The van der Waals surface area contributed by atoms with Crippen molar-refractivity contribution in [2.75, 3.05) is 39.7 Å². The van der Waals surface area contributed by atoms with Crippen LogP contribution in [0.25, 0.3) is 0 Å². The van der Waals surface area contributed by atoms with Gasteiger partial charge in [0.1, 0.15) is 0 Å². The maximum atomic E-state index is 12.7. The molecular weight excluding hydrogens is 342 g/mol. The van der Waals surface area contributed by atoms with Crippen LogP contribution in [0.15, 0.2) is 11.4 Å². The van der Waals surface area contributed by atoms with Crippen LogP contribution in [0.5, 0.6) is 0 Å². The number of rotatable bonds is 9. The molecule has 1 aromatic rings. The van der Waals surface area contributed by atoms with E-state index in [1.165, 1.54) is 0 Å². The van der Waals surface area contributed by atoms with Gasteiger partial charge in [0.05, 0.1) is 30.4 Å². The predicted molar refractivity (Wildman–Crippen MR) is 94.2 cm³/mol. The van der Waals surface area contributed by atoms with Crippen LogP contribution in [0.3, 0.4) is 0 Å². The summed E-state index contributed by atoms with van der Waals surface area (Å²) in [5.41, 5.74) is 0.933. The minimum atomic E-state index is -3.34. The number of aromatic nitrogens is 2. The third-order valence-corrected chi connectivity index (χ3v) is 6.82. The molecule has 1 aromatic heterocycles. The molecule has 1 atom stereocenters. The van der Waals surface area contributed by atoms with Crippen molar-refractivity contribution in [3.8, 4) is 0 Å². The van der Waals surface area contributed by atoms with Crippen molar-refractivity contribution in [3.05, 3.63) is 11.9 Å². The van der Waals surface area contributed by atoms with Crippen molar-refractivity contribution in [1.82, 2.24) is 14.5 Å². The SMILES string of the molecule is COCCn1c(CN2CCCC(OC)C2)cnc1S(=O)(=O)CC1CC1. The molecule has 0 bridgehead atoms. The largest absolute Gasteiger partial charge is 0.383 e. The van der Waals surface area contributed by atoms with Crippen LogP contribution in [0.2, 0.25) is 0 Å². The Hall–Kier alpha value is -0.960. The quantitative estimate of drug-likeness (QED) is 0.652. The number of nitrogens with zero attached hydrogens (tertiary/aromatic N) is 3. The smallest absolute Gasteiger partial charge is 0.227 e. The Morgan fingerprint density at radius 1 is 1.28 bits per heavy atom. The molecule has 7 nitrogen and oxygen atoms in total. The lowest BCUT2D eigenvalue weighted by atomic mass is 10.1. The van der Waals surface area contributed by atoms with Crippen LogP contribution < -0.4 is 0 Å². The highest BCUT2D eigenvalue weighted by molar-refractivity contribution is 7.91. The molecule has 2 fully saturated rings. The van der Waals surface area contributed by atoms with E-state index in [9.17, 15) is 8.42 Å². The first-order valence-corrected chi connectivity index (χ1v) is 10.7. The van der Waals surface area contributed by atoms with Crippen molar-refractivity contribution in [2.24, 2.45) is 5.92 Å². The second-order valence-corrected chi connectivity index (χ2v) is 9.06. The van der Waals surface area contributed by atoms with Crippen molar-refractivity contribution in [3.63, 3.8) is 0 Å². The average Bonchev–Trinajstić information content (AvgIpc) is 3.30. The van der Waals surface area contributed by atoms with Gasteiger partial charge in [-0.25, -0.2) is 13.4 Å². The second-order valence-electron chi connectivity index (χ2n) is 7.14. The summed E-state index contributed by atoms with van der Waals surface area (Å²) in [5.74, 6) is 0.525. The van der Waals surface area contributed by atoms with Gasteiger partial charge in [-0.15, -0.1) is 0 Å². The molecule has 0 N–H and O–H groups in total. The molecular formula is C17H29N3O4S. The van der Waals surface area contributed by atoms with Gasteiger partial charge in [0.2, 0.25) is 15.0 Å². The van der Waals surface area contributed by atoms with E-state index in [1.807, 2.05) is 4.57 Å². The summed E-state index contributed by atoms with van der Waals surface area (Å²) in [5, 5.41) is 0.201. The fourth-order valence-electron chi connectivity index (χ4n) is 3.44. The molecule has 0 radical (unpaired) electrons. The Kier molecular flexibility index (Phi) is 6.14. The lowest BCUT2D eigenvalue weighted by Gasteiger charge is -2.31. The van der Waals surface area contributed by atoms with E-state index >= 15 is 0 Å². The number of methoxy groups -OCH3 is 2. The maximum absolute atomic E-state index is 12.7. The number of ether oxygens (including phenoxy) is 2. The van der Waals surface area contributed by atoms with E-state index in [1.54, 1.807) is 20.4 Å². The van der Waals surface area contributed by atoms with Crippen LogP contribution in [0.4, 0.5) is 0 Å². The van der Waals surface area contributed by atoms with E-state index in [2.05, 4.69) is 9.88 Å². The highest BCUT2D eigenvalue weighted by atomic mass is 32.2. The van der Waals surface area contributed by atoms with E-state index in [4.69, 9.17) is 9.47 Å². The van der Waals surface area contributed by atoms with Crippen molar-refractivity contribution >= 4 is 9.84 Å². The maximum Gasteiger partial charge on any atom is 0.227 e. The molecule has 8 heteroatoms. The topological polar surface area (TPSA) is 73.7 Å². The Bertz CT molecular complexity index is 669. The predicted octanol–water partition coefficient (Wildman–Crippen LogP) is 1.32. The standard InChI is InChI=1S/C17H29N3O4S/c1-23-9-8-20-15(11-19-7-3-4-16(12-19)24-2)10-18-17(20)25(21,22)13-14-5-6-14/h10,14,16H,3-9,11-13H2,1-2H3. The van der Waals surface area contributed by atoms with Gasteiger partial charge in [0.25, 0.3) is 0 Å². The molecule has 2 aliphatic rings. The molecule has 0 amide bonds. The number of hydrogen-bond acceptors (Lipinski definition) is 6. The number of sulfone groups is 1. The van der Waals surface area contributed by atoms with Gasteiger partial charge in [-0.2, -0.15) is 0 Å². The van der Waals surface area contributed by atoms with E-state index in [-0.39, 0.29) is 17.0 Å². The summed E-state index contributed by atoms with van der Waals surface area (Å²) in [6.07, 6.45) is 6.16. The van der Waals surface area contributed by atoms with Gasteiger partial charge in [-0.3, -0.25) is 4.90 Å². The van der Waals surface area contributed by atoms with E-state index in [0.29, 0.717) is 25.6 Å². The Morgan fingerprint density at radius 2 is 2.08 bits per heavy atom. The Morgan fingerprint density at radius 3 is 2.76 bits per heavy atom. The summed E-state index contributed by atoms with van der Waals surface area (Å²) < 4.78 is 37.9. The minimum absolute atomic E-state index is 0.201. The number of hydrogen-bond donors (Lipinski definition) is 0. The fraction of sp³-hybridized carbons (Fsp3) is 0.824. The molecule has 1 aliphatic carbocycles. The van der Waals surface area contributed by atoms with Crippen LogP contribution >= 0.6 is 0 Å². The fourth-order valence-corrected chi connectivity index (χ4v) is 5.30. The van der Waals surface area contributed by atoms with E-state index in [0.717, 1.165) is 44.5 Å². The van der Waals surface area contributed by atoms with Crippen molar-refractivity contribution in [2.45, 2.75) is 50.0 Å². The molecule has 142 valence electrons. The van der Waals surface area contributed by atoms with Crippen LogP contribution in [0.1, 0.15) is 31.4 Å². The first-order chi connectivity index (χ1) is 12.0. The molecule has 1 aliphatic heterocycles. The number of imidazole rings is 1. The van der Waals surface area contributed by atoms with Gasteiger partial charge < -0.3 is 14.0 Å². The van der Waals surface area contributed by atoms with Crippen LogP contribution in [-0.4, -0.2) is 68.6 Å². The third-order valence-electron chi connectivity index (χ3n) is 5.03. The Labute approximate surface area is 150 Å². The van der Waals surface area contributed by atoms with Crippen molar-refractivity contribution < 1.29 is 17.9 Å². The molecule has 3 rings (SSSR count). The molecule has 0 aromatic carbocycles. The summed E-state index contributed by atoms with van der Waals surface area (Å²) in [6, 6.07) is 0. The molecule has 1 saturated heterocycles. The lowest BCUT2D eigenvalue weighted by molar-refractivity contribution is 0.0275. The highest BCUT2D eigenvalue weighted by Gasteiger charge is 2.32. The van der Waals surface area contributed by atoms with Crippen LogP contribution in [-0.2, 0) is 32.4 Å². The molecule has 25 heavy (non-hydrogen) atoms.